The Labute approximate surface area is 130 Å². The van der Waals surface area contributed by atoms with E-state index in [9.17, 15) is 4.79 Å². The van der Waals surface area contributed by atoms with Crippen LogP contribution in [0.1, 0.15) is 5.69 Å². The number of nitrogens with zero attached hydrogens (tertiary/aromatic N) is 1. The van der Waals surface area contributed by atoms with E-state index >= 15 is 0 Å². The molecule has 1 fully saturated rings. The molecule has 0 atom stereocenters. The number of H-pyrrole nitrogens is 1. The Hall–Kier alpha value is -1.56. The van der Waals surface area contributed by atoms with Crippen LogP contribution in [-0.2, 0) is 4.79 Å². The number of carbonyl (C=O) groups excluding carboxylic acids is 1. The highest BCUT2D eigenvalue weighted by Crippen LogP contribution is 2.38. The van der Waals surface area contributed by atoms with E-state index in [2.05, 4.69) is 4.98 Å². The van der Waals surface area contributed by atoms with Crippen molar-refractivity contribution >= 4 is 57.6 Å². The van der Waals surface area contributed by atoms with Crippen LogP contribution in [0.4, 0.5) is 5.69 Å². The fraction of sp³-hybridized carbons (Fsp3) is 0. The summed E-state index contributed by atoms with van der Waals surface area (Å²) in [6, 6.07) is 10.9. The van der Waals surface area contributed by atoms with Crippen LogP contribution >= 0.6 is 35.6 Å². The molecule has 20 heavy (non-hydrogen) atoms. The van der Waals surface area contributed by atoms with Gasteiger partial charge in [-0.15, -0.1) is 0 Å². The zero-order valence-electron chi connectivity index (χ0n) is 10.2. The van der Waals surface area contributed by atoms with Crippen LogP contribution in [0.5, 0.6) is 0 Å². The molecule has 1 aliphatic heterocycles. The highest BCUT2D eigenvalue weighted by molar-refractivity contribution is 8.27. The summed E-state index contributed by atoms with van der Waals surface area (Å²) in [4.78, 5) is 17.6. The number of hydrogen-bond acceptors (Lipinski definition) is 3. The normalized spacial score (nSPS) is 17.2. The van der Waals surface area contributed by atoms with Crippen molar-refractivity contribution in [2.45, 2.75) is 0 Å². The minimum atomic E-state index is -0.150. The maximum Gasteiger partial charge on any atom is 0.270 e. The summed E-state index contributed by atoms with van der Waals surface area (Å²) in [5, 5.41) is 0.505. The second kappa shape index (κ2) is 5.44. The summed E-state index contributed by atoms with van der Waals surface area (Å²) < 4.78 is 0.487. The predicted molar refractivity (Wildman–Crippen MR) is 87.9 cm³/mol. The van der Waals surface area contributed by atoms with Gasteiger partial charge >= 0.3 is 0 Å². The number of carbonyl (C=O) groups is 1. The largest absolute Gasteiger partial charge is 0.362 e. The number of thioether (sulfide) groups is 1. The molecule has 0 saturated carbocycles. The summed E-state index contributed by atoms with van der Waals surface area (Å²) in [5.41, 5.74) is 1.48. The Balaban J connectivity index is 1.98. The molecule has 1 aromatic heterocycles. The number of aromatic amines is 1. The third-order valence-electron chi connectivity index (χ3n) is 2.80. The number of halogens is 1. The second-order valence-corrected chi connectivity index (χ2v) is 6.18. The van der Waals surface area contributed by atoms with E-state index in [1.54, 1.807) is 24.4 Å². The lowest BCUT2D eigenvalue weighted by Crippen LogP contribution is -2.27. The van der Waals surface area contributed by atoms with Crippen molar-refractivity contribution in [3.8, 4) is 0 Å². The van der Waals surface area contributed by atoms with E-state index in [-0.39, 0.29) is 5.91 Å². The first-order valence-corrected chi connectivity index (χ1v) is 7.43. The Morgan fingerprint density at radius 2 is 2.05 bits per heavy atom. The van der Waals surface area contributed by atoms with E-state index < -0.39 is 0 Å². The van der Waals surface area contributed by atoms with Gasteiger partial charge in [-0.1, -0.05) is 47.7 Å². The molecule has 0 bridgehead atoms. The van der Waals surface area contributed by atoms with Crippen molar-refractivity contribution < 1.29 is 4.79 Å². The molecule has 1 saturated heterocycles. The summed E-state index contributed by atoms with van der Waals surface area (Å²) in [6.45, 7) is 0. The Morgan fingerprint density at radius 1 is 1.25 bits per heavy atom. The molecule has 1 N–H and O–H groups in total. The maximum atomic E-state index is 12.5. The first kappa shape index (κ1) is 13.4. The number of amides is 1. The predicted octanol–water partition coefficient (Wildman–Crippen LogP) is 4.07. The van der Waals surface area contributed by atoms with Crippen LogP contribution in [0, 0.1) is 0 Å². The maximum absolute atomic E-state index is 12.5. The molecule has 3 rings (SSSR count). The SMILES string of the molecule is O=C1/C(=C\c2ccc[nH]2)SC(=S)N1c1ccccc1Cl. The lowest BCUT2D eigenvalue weighted by molar-refractivity contribution is -0.113. The lowest BCUT2D eigenvalue weighted by Gasteiger charge is -2.15. The monoisotopic (exact) mass is 320 g/mol. The van der Waals surface area contributed by atoms with Crippen LogP contribution in [0.25, 0.3) is 6.08 Å². The van der Waals surface area contributed by atoms with Gasteiger partial charge in [-0.2, -0.15) is 0 Å². The van der Waals surface area contributed by atoms with Crippen LogP contribution in [0.3, 0.4) is 0 Å². The molecule has 100 valence electrons. The molecule has 0 radical (unpaired) electrons. The molecule has 1 aliphatic rings. The van der Waals surface area contributed by atoms with Crippen molar-refractivity contribution in [2.24, 2.45) is 0 Å². The zero-order valence-corrected chi connectivity index (χ0v) is 12.6. The number of hydrogen-bond donors (Lipinski definition) is 1. The standard InChI is InChI=1S/C14H9ClN2OS2/c15-10-5-1-2-6-11(10)17-13(18)12(20-14(17)19)8-9-4-3-7-16-9/h1-8,16H/b12-8+. The Bertz CT molecular complexity index is 710. The number of rotatable bonds is 2. The highest BCUT2D eigenvalue weighted by atomic mass is 35.5. The van der Waals surface area contributed by atoms with Crippen LogP contribution in [0.15, 0.2) is 47.5 Å². The molecule has 0 unspecified atom stereocenters. The van der Waals surface area contributed by atoms with Gasteiger partial charge in [0.15, 0.2) is 4.32 Å². The third-order valence-corrected chi connectivity index (χ3v) is 4.42. The minimum absolute atomic E-state index is 0.150. The molecule has 3 nitrogen and oxygen atoms in total. The number of aromatic nitrogens is 1. The van der Waals surface area contributed by atoms with Gasteiger partial charge in [-0.05, 0) is 30.3 Å². The van der Waals surface area contributed by atoms with Gasteiger partial charge in [-0.25, -0.2) is 0 Å². The summed E-state index contributed by atoms with van der Waals surface area (Å²) in [6.07, 6.45) is 3.59. The van der Waals surface area contributed by atoms with Crippen molar-refractivity contribution in [1.82, 2.24) is 4.98 Å². The number of thiocarbonyl (C=S) groups is 1. The average Bonchev–Trinajstić information content (AvgIpc) is 3.01. The van der Waals surface area contributed by atoms with E-state index in [4.69, 9.17) is 23.8 Å². The Morgan fingerprint density at radius 3 is 2.75 bits per heavy atom. The molecule has 1 amide bonds. The lowest BCUT2D eigenvalue weighted by atomic mass is 10.3. The van der Waals surface area contributed by atoms with Gasteiger partial charge in [0.2, 0.25) is 0 Å². The average molecular weight is 321 g/mol. The van der Waals surface area contributed by atoms with Gasteiger partial charge in [0.05, 0.1) is 15.6 Å². The topological polar surface area (TPSA) is 36.1 Å². The highest BCUT2D eigenvalue weighted by Gasteiger charge is 2.34. The number of nitrogens with one attached hydrogen (secondary N) is 1. The Kier molecular flexibility index (Phi) is 3.65. The van der Waals surface area contributed by atoms with Crippen molar-refractivity contribution in [2.75, 3.05) is 4.90 Å². The summed E-state index contributed by atoms with van der Waals surface area (Å²) in [7, 11) is 0. The van der Waals surface area contributed by atoms with Gasteiger partial charge in [0, 0.05) is 11.9 Å². The van der Waals surface area contributed by atoms with Crippen LogP contribution < -0.4 is 4.90 Å². The third kappa shape index (κ3) is 2.40. The molecular formula is C14H9ClN2OS2. The zero-order chi connectivity index (χ0) is 14.1. The number of benzene rings is 1. The quantitative estimate of drug-likeness (QED) is 0.669. The summed E-state index contributed by atoms with van der Waals surface area (Å²) in [5.74, 6) is -0.150. The molecule has 0 spiro atoms. The van der Waals surface area contributed by atoms with Crippen molar-refractivity contribution in [1.29, 1.82) is 0 Å². The number of para-hydroxylation sites is 1. The minimum Gasteiger partial charge on any atom is -0.362 e. The van der Waals surface area contributed by atoms with Crippen LogP contribution in [0.2, 0.25) is 5.02 Å². The van der Waals surface area contributed by atoms with Gasteiger partial charge in [-0.3, -0.25) is 9.69 Å². The number of anilines is 1. The fourth-order valence-electron chi connectivity index (χ4n) is 1.88. The van der Waals surface area contributed by atoms with E-state index in [1.807, 2.05) is 24.3 Å². The molecule has 2 heterocycles. The smallest absolute Gasteiger partial charge is 0.270 e. The molecule has 1 aromatic carbocycles. The van der Waals surface area contributed by atoms with Gasteiger partial charge in [0.25, 0.3) is 5.91 Å². The van der Waals surface area contributed by atoms with Crippen molar-refractivity contribution in [3.63, 3.8) is 0 Å². The first-order valence-electron chi connectivity index (χ1n) is 5.83. The summed E-state index contributed by atoms with van der Waals surface area (Å²) >= 11 is 12.7. The fourth-order valence-corrected chi connectivity index (χ4v) is 3.38. The van der Waals surface area contributed by atoms with E-state index in [0.29, 0.717) is 19.9 Å². The van der Waals surface area contributed by atoms with Crippen LogP contribution in [-0.4, -0.2) is 15.2 Å². The molecular weight excluding hydrogens is 312 g/mol. The van der Waals surface area contributed by atoms with E-state index in [0.717, 1.165) is 5.69 Å². The van der Waals surface area contributed by atoms with E-state index in [1.165, 1.54) is 16.7 Å². The molecule has 2 aromatic rings. The second-order valence-electron chi connectivity index (χ2n) is 4.09. The van der Waals surface area contributed by atoms with Gasteiger partial charge in [0.1, 0.15) is 0 Å². The molecule has 6 heteroatoms. The first-order chi connectivity index (χ1) is 9.66. The van der Waals surface area contributed by atoms with Gasteiger partial charge < -0.3 is 4.98 Å². The molecule has 0 aliphatic carbocycles. The van der Waals surface area contributed by atoms with Crippen molar-refractivity contribution in [3.05, 3.63) is 58.2 Å².